The van der Waals surface area contributed by atoms with E-state index >= 15 is 0 Å². The van der Waals surface area contributed by atoms with Gasteiger partial charge in [0.25, 0.3) is 0 Å². The van der Waals surface area contributed by atoms with Crippen molar-refractivity contribution in [2.75, 3.05) is 19.8 Å². The second-order valence-corrected chi connectivity index (χ2v) is 4.24. The van der Waals surface area contributed by atoms with E-state index in [2.05, 4.69) is 11.9 Å². The van der Waals surface area contributed by atoms with Gasteiger partial charge in [0.15, 0.2) is 0 Å². The van der Waals surface area contributed by atoms with Crippen molar-refractivity contribution in [3.8, 4) is 0 Å². The number of rotatable bonds is 8. The molecular weight excluding hydrogens is 234 g/mol. The van der Waals surface area contributed by atoms with Crippen molar-refractivity contribution in [3.05, 3.63) is 16.1 Å². The van der Waals surface area contributed by atoms with Crippen LogP contribution in [0, 0.1) is 0 Å². The van der Waals surface area contributed by atoms with Crippen LogP contribution in [-0.4, -0.2) is 24.8 Å². The molecule has 0 atom stereocenters. The first-order valence-electron chi connectivity index (χ1n) is 5.01. The van der Waals surface area contributed by atoms with E-state index in [1.54, 1.807) is 11.3 Å². The fourth-order valence-corrected chi connectivity index (χ4v) is 1.96. The van der Waals surface area contributed by atoms with Crippen molar-refractivity contribution in [2.45, 2.75) is 25.8 Å². The smallest absolute Gasteiger partial charge is 0.119 e. The molecule has 0 bridgehead atoms. The van der Waals surface area contributed by atoms with E-state index in [1.165, 1.54) is 0 Å². The summed E-state index contributed by atoms with van der Waals surface area (Å²) in [6, 6.07) is 0. The Morgan fingerprint density at radius 2 is 2.13 bits per heavy atom. The van der Waals surface area contributed by atoms with Gasteiger partial charge in [0.1, 0.15) is 5.01 Å². The highest BCUT2D eigenvalue weighted by Gasteiger charge is 2.00. The molecule has 0 radical (unpaired) electrons. The lowest BCUT2D eigenvalue weighted by Gasteiger charge is -2.02. The molecule has 0 aromatic carbocycles. The molecule has 0 aliphatic carbocycles. The Kier molecular flexibility index (Phi) is 6.92. The van der Waals surface area contributed by atoms with Crippen LogP contribution < -0.4 is 0 Å². The van der Waals surface area contributed by atoms with E-state index in [9.17, 15) is 0 Å². The molecule has 1 rings (SSSR count). The second-order valence-electron chi connectivity index (χ2n) is 3.03. The second kappa shape index (κ2) is 8.05. The standard InChI is InChI=1S/C10H16ClNO2S/c1-2-3-13-4-5-14-7-10-12-9(6-11)8-15-10/h8H,2-7H2,1H3. The van der Waals surface area contributed by atoms with Gasteiger partial charge in [0.05, 0.1) is 31.4 Å². The summed E-state index contributed by atoms with van der Waals surface area (Å²) < 4.78 is 10.7. The summed E-state index contributed by atoms with van der Waals surface area (Å²) in [5.41, 5.74) is 0.919. The zero-order valence-electron chi connectivity index (χ0n) is 8.87. The molecule has 86 valence electrons. The Labute approximate surface area is 99.4 Å². The predicted octanol–water partition coefficient (Wildman–Crippen LogP) is 2.83. The van der Waals surface area contributed by atoms with Gasteiger partial charge in [-0.05, 0) is 6.42 Å². The minimum absolute atomic E-state index is 0.468. The molecule has 0 aliphatic heterocycles. The van der Waals surface area contributed by atoms with E-state index in [1.807, 2.05) is 5.38 Å². The van der Waals surface area contributed by atoms with Crippen LogP contribution in [-0.2, 0) is 22.0 Å². The number of ether oxygens (including phenoxy) is 2. The molecule has 15 heavy (non-hydrogen) atoms. The fourth-order valence-electron chi connectivity index (χ4n) is 1.00. The minimum Gasteiger partial charge on any atom is -0.379 e. The molecule has 0 aliphatic rings. The van der Waals surface area contributed by atoms with E-state index in [4.69, 9.17) is 21.1 Å². The molecule has 0 N–H and O–H groups in total. The molecule has 0 amide bonds. The lowest BCUT2D eigenvalue weighted by molar-refractivity contribution is 0.0407. The van der Waals surface area contributed by atoms with Gasteiger partial charge in [-0.15, -0.1) is 22.9 Å². The van der Waals surface area contributed by atoms with Crippen LogP contribution in [0.3, 0.4) is 0 Å². The highest BCUT2D eigenvalue weighted by molar-refractivity contribution is 7.09. The van der Waals surface area contributed by atoms with Crippen molar-refractivity contribution in [2.24, 2.45) is 0 Å². The zero-order valence-corrected chi connectivity index (χ0v) is 10.4. The van der Waals surface area contributed by atoms with Crippen molar-refractivity contribution >= 4 is 22.9 Å². The Morgan fingerprint density at radius 1 is 1.33 bits per heavy atom. The summed E-state index contributed by atoms with van der Waals surface area (Å²) in [7, 11) is 0. The van der Waals surface area contributed by atoms with Crippen LogP contribution in [0.15, 0.2) is 5.38 Å². The normalized spacial score (nSPS) is 10.8. The first kappa shape index (κ1) is 12.9. The minimum atomic E-state index is 0.468. The van der Waals surface area contributed by atoms with Crippen LogP contribution >= 0.6 is 22.9 Å². The molecule has 0 spiro atoms. The van der Waals surface area contributed by atoms with Crippen molar-refractivity contribution in [1.29, 1.82) is 0 Å². The summed E-state index contributed by atoms with van der Waals surface area (Å²) in [6.45, 7) is 4.72. The molecule has 1 aromatic rings. The van der Waals surface area contributed by atoms with Crippen molar-refractivity contribution in [3.63, 3.8) is 0 Å². The highest BCUT2D eigenvalue weighted by Crippen LogP contribution is 2.12. The Morgan fingerprint density at radius 3 is 2.80 bits per heavy atom. The first-order valence-corrected chi connectivity index (χ1v) is 6.43. The molecule has 3 nitrogen and oxygen atoms in total. The van der Waals surface area contributed by atoms with Gasteiger partial charge < -0.3 is 9.47 Å². The molecule has 5 heteroatoms. The van der Waals surface area contributed by atoms with Gasteiger partial charge in [-0.1, -0.05) is 6.92 Å². The lowest BCUT2D eigenvalue weighted by atomic mass is 10.5. The van der Waals surface area contributed by atoms with Crippen molar-refractivity contribution in [1.82, 2.24) is 4.98 Å². The van der Waals surface area contributed by atoms with E-state index in [0.717, 1.165) is 23.7 Å². The maximum absolute atomic E-state index is 5.64. The third-order valence-electron chi connectivity index (χ3n) is 1.68. The summed E-state index contributed by atoms with van der Waals surface area (Å²) >= 11 is 7.22. The summed E-state index contributed by atoms with van der Waals surface area (Å²) in [5, 5.41) is 2.93. The quantitative estimate of drug-likeness (QED) is 0.525. The highest BCUT2D eigenvalue weighted by atomic mass is 35.5. The Balaban J connectivity index is 2.04. The monoisotopic (exact) mass is 249 g/mol. The molecule has 0 saturated carbocycles. The van der Waals surface area contributed by atoms with Crippen LogP contribution in [0.4, 0.5) is 0 Å². The van der Waals surface area contributed by atoms with Crippen LogP contribution in [0.5, 0.6) is 0 Å². The topological polar surface area (TPSA) is 31.4 Å². The zero-order chi connectivity index (χ0) is 10.9. The van der Waals surface area contributed by atoms with Crippen LogP contribution in [0.1, 0.15) is 24.0 Å². The maximum Gasteiger partial charge on any atom is 0.119 e. The van der Waals surface area contributed by atoms with Gasteiger partial charge >= 0.3 is 0 Å². The summed E-state index contributed by atoms with van der Waals surface area (Å²) in [5.74, 6) is 0.468. The first-order chi connectivity index (χ1) is 7.36. The number of hydrogen-bond donors (Lipinski definition) is 0. The number of nitrogens with zero attached hydrogens (tertiary/aromatic N) is 1. The van der Waals surface area contributed by atoms with Crippen LogP contribution in [0.2, 0.25) is 0 Å². The van der Waals surface area contributed by atoms with Crippen molar-refractivity contribution < 1.29 is 9.47 Å². The average Bonchev–Trinajstić information content (AvgIpc) is 2.71. The maximum atomic E-state index is 5.64. The summed E-state index contributed by atoms with van der Waals surface area (Å²) in [4.78, 5) is 4.28. The SMILES string of the molecule is CCCOCCOCc1nc(CCl)cs1. The average molecular weight is 250 g/mol. The molecule has 0 saturated heterocycles. The van der Waals surface area contributed by atoms with Gasteiger partial charge in [-0.3, -0.25) is 0 Å². The number of halogens is 1. The largest absolute Gasteiger partial charge is 0.379 e. The lowest BCUT2D eigenvalue weighted by Crippen LogP contribution is -2.04. The van der Waals surface area contributed by atoms with E-state index in [0.29, 0.717) is 25.7 Å². The molecular formula is C10H16ClNO2S. The van der Waals surface area contributed by atoms with E-state index < -0.39 is 0 Å². The third kappa shape index (κ3) is 5.47. The molecule has 0 unspecified atom stereocenters. The number of aromatic nitrogens is 1. The van der Waals surface area contributed by atoms with Gasteiger partial charge in [0, 0.05) is 12.0 Å². The number of hydrogen-bond acceptors (Lipinski definition) is 4. The molecule has 0 fully saturated rings. The Bertz CT molecular complexity index is 268. The number of alkyl halides is 1. The fraction of sp³-hybridized carbons (Fsp3) is 0.700. The van der Waals surface area contributed by atoms with Gasteiger partial charge in [-0.25, -0.2) is 4.98 Å². The third-order valence-corrected chi connectivity index (χ3v) is 2.83. The van der Waals surface area contributed by atoms with Gasteiger partial charge in [0.2, 0.25) is 0 Å². The predicted molar refractivity (Wildman–Crippen MR) is 62.4 cm³/mol. The van der Waals surface area contributed by atoms with Crippen LogP contribution in [0.25, 0.3) is 0 Å². The summed E-state index contributed by atoms with van der Waals surface area (Å²) in [6.07, 6.45) is 1.05. The number of thiazole rings is 1. The molecule has 1 aromatic heterocycles. The Hall–Kier alpha value is -0.160. The molecule has 1 heterocycles. The van der Waals surface area contributed by atoms with E-state index in [-0.39, 0.29) is 0 Å². The van der Waals surface area contributed by atoms with Gasteiger partial charge in [-0.2, -0.15) is 0 Å².